The number of hydrogen-bond acceptors (Lipinski definition) is 6. The highest BCUT2D eigenvalue weighted by Gasteiger charge is 2.28. The number of carbonyl (C=O) groups is 3. The summed E-state index contributed by atoms with van der Waals surface area (Å²) in [6, 6.07) is 0. The molecule has 0 saturated carbocycles. The van der Waals surface area contributed by atoms with Crippen molar-refractivity contribution in [3.8, 4) is 0 Å². The van der Waals surface area contributed by atoms with Gasteiger partial charge in [0.1, 0.15) is 0 Å². The molecule has 3 rings (SSSR count). The van der Waals surface area contributed by atoms with E-state index in [1.807, 2.05) is 5.38 Å². The lowest BCUT2D eigenvalue weighted by atomic mass is 10.1. The Morgan fingerprint density at radius 2 is 1.88 bits per heavy atom. The van der Waals surface area contributed by atoms with Crippen LogP contribution in [0.1, 0.15) is 44.2 Å². The first-order chi connectivity index (χ1) is 11.6. The Bertz CT molecular complexity index is 609. The molecule has 0 aliphatic carbocycles. The Morgan fingerprint density at radius 1 is 1.17 bits per heavy atom. The zero-order valence-corrected chi connectivity index (χ0v) is 14.4. The Hall–Kier alpha value is -1.80. The van der Waals surface area contributed by atoms with Crippen LogP contribution in [-0.2, 0) is 20.9 Å². The fourth-order valence-corrected chi connectivity index (χ4v) is 3.77. The Morgan fingerprint density at radius 3 is 2.58 bits per heavy atom. The maximum absolute atomic E-state index is 12.0. The van der Waals surface area contributed by atoms with Gasteiger partial charge in [0, 0.05) is 37.7 Å². The number of carbonyl (C=O) groups excluding carboxylic acids is 3. The third-order valence-corrected chi connectivity index (χ3v) is 5.16. The number of nitrogens with zero attached hydrogens (tertiary/aromatic N) is 3. The van der Waals surface area contributed by atoms with Gasteiger partial charge in [-0.3, -0.25) is 24.2 Å². The minimum Gasteiger partial charge on any atom is -0.302 e. The molecule has 2 aliphatic heterocycles. The molecule has 0 atom stereocenters. The molecule has 2 saturated heterocycles. The highest BCUT2D eigenvalue weighted by molar-refractivity contribution is 7.13. The van der Waals surface area contributed by atoms with E-state index in [-0.39, 0.29) is 43.5 Å². The largest absolute Gasteiger partial charge is 0.302 e. The summed E-state index contributed by atoms with van der Waals surface area (Å²) < 4.78 is 0. The number of likely N-dealkylation sites (tertiary alicyclic amines) is 2. The number of thiazole rings is 1. The average Bonchev–Trinajstić information content (AvgIpc) is 3.13. The summed E-state index contributed by atoms with van der Waals surface area (Å²) in [4.78, 5) is 43.0. The fraction of sp³-hybridized carbons (Fsp3) is 0.625. The molecule has 7 nitrogen and oxygen atoms in total. The van der Waals surface area contributed by atoms with E-state index in [0.29, 0.717) is 5.13 Å². The van der Waals surface area contributed by atoms with Gasteiger partial charge in [-0.1, -0.05) is 6.42 Å². The van der Waals surface area contributed by atoms with Gasteiger partial charge in [-0.2, -0.15) is 0 Å². The first-order valence-corrected chi connectivity index (χ1v) is 9.29. The summed E-state index contributed by atoms with van der Waals surface area (Å²) in [6.45, 7) is 3.19. The first-order valence-electron chi connectivity index (χ1n) is 8.41. The third kappa shape index (κ3) is 4.39. The second-order valence-electron chi connectivity index (χ2n) is 6.22. The molecule has 8 heteroatoms. The maximum Gasteiger partial charge on any atom is 0.229 e. The van der Waals surface area contributed by atoms with Crippen molar-refractivity contribution in [2.75, 3.05) is 25.0 Å². The number of rotatable bonds is 6. The normalized spacial score (nSPS) is 19.1. The topological polar surface area (TPSA) is 82.6 Å². The zero-order chi connectivity index (χ0) is 16.9. The molecular weight excluding hydrogens is 328 g/mol. The van der Waals surface area contributed by atoms with Crippen molar-refractivity contribution in [3.05, 3.63) is 11.1 Å². The zero-order valence-electron chi connectivity index (χ0n) is 13.6. The number of piperidine rings is 1. The minimum atomic E-state index is -0.221. The van der Waals surface area contributed by atoms with Crippen LogP contribution in [-0.4, -0.2) is 52.1 Å². The van der Waals surface area contributed by atoms with E-state index in [1.54, 1.807) is 0 Å². The summed E-state index contributed by atoms with van der Waals surface area (Å²) in [5, 5.41) is 5.30. The molecule has 130 valence electrons. The van der Waals surface area contributed by atoms with Crippen molar-refractivity contribution < 1.29 is 14.4 Å². The van der Waals surface area contributed by atoms with E-state index in [4.69, 9.17) is 0 Å². The lowest BCUT2D eigenvalue weighted by Crippen LogP contribution is -2.32. The van der Waals surface area contributed by atoms with Crippen LogP contribution in [0.5, 0.6) is 0 Å². The lowest BCUT2D eigenvalue weighted by Gasteiger charge is -2.25. The SMILES string of the molecule is O=C(CCN1C(=O)CCC1=O)Nc1nc(CN2CCCCC2)cs1. The number of hydrogen-bond donors (Lipinski definition) is 1. The van der Waals surface area contributed by atoms with Crippen molar-refractivity contribution >= 4 is 34.2 Å². The van der Waals surface area contributed by atoms with Gasteiger partial charge in [0.2, 0.25) is 17.7 Å². The van der Waals surface area contributed by atoms with Gasteiger partial charge in [-0.05, 0) is 25.9 Å². The van der Waals surface area contributed by atoms with Gasteiger partial charge >= 0.3 is 0 Å². The molecule has 1 aromatic rings. The Labute approximate surface area is 145 Å². The summed E-state index contributed by atoms with van der Waals surface area (Å²) in [5.41, 5.74) is 0.974. The highest BCUT2D eigenvalue weighted by atomic mass is 32.1. The van der Waals surface area contributed by atoms with Crippen LogP contribution in [0, 0.1) is 0 Å². The minimum absolute atomic E-state index is 0.110. The fourth-order valence-electron chi connectivity index (χ4n) is 3.05. The van der Waals surface area contributed by atoms with E-state index in [2.05, 4.69) is 15.2 Å². The van der Waals surface area contributed by atoms with Gasteiger partial charge in [0.15, 0.2) is 5.13 Å². The van der Waals surface area contributed by atoms with Gasteiger partial charge in [0.05, 0.1) is 5.69 Å². The first kappa shape index (κ1) is 17.0. The summed E-state index contributed by atoms with van der Waals surface area (Å²) in [5.74, 6) is -0.599. The van der Waals surface area contributed by atoms with Gasteiger partial charge in [-0.25, -0.2) is 4.98 Å². The van der Waals surface area contributed by atoms with E-state index in [9.17, 15) is 14.4 Å². The van der Waals surface area contributed by atoms with Crippen LogP contribution >= 0.6 is 11.3 Å². The van der Waals surface area contributed by atoms with Crippen LogP contribution < -0.4 is 5.32 Å². The van der Waals surface area contributed by atoms with Crippen LogP contribution in [0.4, 0.5) is 5.13 Å². The molecular formula is C16H22N4O3S. The molecule has 0 bridgehead atoms. The van der Waals surface area contributed by atoms with Crippen molar-refractivity contribution in [1.29, 1.82) is 0 Å². The highest BCUT2D eigenvalue weighted by Crippen LogP contribution is 2.19. The lowest BCUT2D eigenvalue weighted by molar-refractivity contribution is -0.138. The molecule has 1 N–H and O–H groups in total. The van der Waals surface area contributed by atoms with Gasteiger partial charge in [0.25, 0.3) is 0 Å². The Balaban J connectivity index is 1.44. The average molecular weight is 350 g/mol. The molecule has 2 aliphatic rings. The predicted molar refractivity (Wildman–Crippen MR) is 90.4 cm³/mol. The Kier molecular flexibility index (Phi) is 5.57. The quantitative estimate of drug-likeness (QED) is 0.788. The molecule has 3 amide bonds. The van der Waals surface area contributed by atoms with E-state index in [0.717, 1.165) is 25.3 Å². The van der Waals surface area contributed by atoms with E-state index < -0.39 is 0 Å². The van der Waals surface area contributed by atoms with Crippen molar-refractivity contribution in [2.45, 2.75) is 45.1 Å². The predicted octanol–water partition coefficient (Wildman–Crippen LogP) is 1.61. The van der Waals surface area contributed by atoms with Crippen LogP contribution in [0.25, 0.3) is 0 Å². The third-order valence-electron chi connectivity index (χ3n) is 4.35. The molecule has 3 heterocycles. The molecule has 24 heavy (non-hydrogen) atoms. The molecule has 0 radical (unpaired) electrons. The monoisotopic (exact) mass is 350 g/mol. The van der Waals surface area contributed by atoms with Gasteiger partial charge in [-0.15, -0.1) is 11.3 Å². The van der Waals surface area contributed by atoms with Crippen LogP contribution in [0.2, 0.25) is 0 Å². The molecule has 0 aromatic carbocycles. The smallest absolute Gasteiger partial charge is 0.229 e. The number of anilines is 1. The number of imide groups is 1. The van der Waals surface area contributed by atoms with Crippen LogP contribution in [0.15, 0.2) is 5.38 Å². The molecule has 1 aromatic heterocycles. The van der Waals surface area contributed by atoms with Crippen molar-refractivity contribution in [3.63, 3.8) is 0 Å². The second kappa shape index (κ2) is 7.85. The second-order valence-corrected chi connectivity index (χ2v) is 7.08. The van der Waals surface area contributed by atoms with E-state index in [1.165, 1.54) is 35.5 Å². The van der Waals surface area contributed by atoms with Crippen LogP contribution in [0.3, 0.4) is 0 Å². The molecule has 0 spiro atoms. The summed E-state index contributed by atoms with van der Waals surface area (Å²) in [6.07, 6.45) is 4.40. The molecule has 2 fully saturated rings. The summed E-state index contributed by atoms with van der Waals surface area (Å²) in [7, 11) is 0. The van der Waals surface area contributed by atoms with Crippen molar-refractivity contribution in [1.82, 2.24) is 14.8 Å². The summed E-state index contributed by atoms with van der Waals surface area (Å²) >= 11 is 1.41. The number of aromatic nitrogens is 1. The standard InChI is InChI=1S/C16H22N4O3S/c21-13(6-9-20-14(22)4-5-15(20)23)18-16-17-12(11-24-16)10-19-7-2-1-3-8-19/h11H,1-10H2,(H,17,18,21). The molecule has 0 unspecified atom stereocenters. The van der Waals surface area contributed by atoms with Crippen molar-refractivity contribution in [2.24, 2.45) is 0 Å². The maximum atomic E-state index is 12.0. The number of amides is 3. The van der Waals surface area contributed by atoms with E-state index >= 15 is 0 Å². The number of nitrogens with one attached hydrogen (secondary N) is 1. The van der Waals surface area contributed by atoms with Gasteiger partial charge < -0.3 is 5.32 Å².